The van der Waals surface area contributed by atoms with Crippen LogP contribution in [-0.2, 0) is 16.1 Å². The lowest BCUT2D eigenvalue weighted by Gasteiger charge is -2.10. The molecule has 0 spiro atoms. The van der Waals surface area contributed by atoms with Gasteiger partial charge >= 0.3 is 5.97 Å². The van der Waals surface area contributed by atoms with Gasteiger partial charge in [-0.3, -0.25) is 4.79 Å². The topological polar surface area (TPSA) is 26.3 Å². The molecule has 1 fully saturated rings. The van der Waals surface area contributed by atoms with Crippen LogP contribution >= 0.6 is 23.2 Å². The highest BCUT2D eigenvalue weighted by molar-refractivity contribution is 6.55. The largest absolute Gasteiger partial charge is 0.460 e. The number of carbonyl (C=O) groups excluding carboxylic acids is 1. The van der Waals surface area contributed by atoms with E-state index in [1.807, 2.05) is 0 Å². The van der Waals surface area contributed by atoms with Crippen molar-refractivity contribution >= 4 is 29.2 Å². The summed E-state index contributed by atoms with van der Waals surface area (Å²) < 4.78 is 59.3. The van der Waals surface area contributed by atoms with E-state index in [9.17, 15) is 22.4 Å². The van der Waals surface area contributed by atoms with Crippen molar-refractivity contribution in [3.8, 4) is 0 Å². The Bertz CT molecular complexity index is 698. The first-order valence-electron chi connectivity index (χ1n) is 7.01. The average molecular weight is 385 g/mol. The summed E-state index contributed by atoms with van der Waals surface area (Å²) in [5.74, 6) is -7.84. The van der Waals surface area contributed by atoms with Crippen molar-refractivity contribution in [3.05, 3.63) is 45.0 Å². The molecule has 2 atom stereocenters. The van der Waals surface area contributed by atoms with Crippen LogP contribution in [0.2, 0.25) is 0 Å². The molecule has 0 aliphatic heterocycles. The van der Waals surface area contributed by atoms with E-state index in [0.29, 0.717) is 0 Å². The first-order chi connectivity index (χ1) is 11.0. The number of ether oxygens (including phenoxy) is 1. The van der Waals surface area contributed by atoms with Gasteiger partial charge in [-0.25, -0.2) is 17.6 Å². The Morgan fingerprint density at radius 3 is 2.08 bits per heavy atom. The van der Waals surface area contributed by atoms with E-state index >= 15 is 0 Å². The lowest BCUT2D eigenvalue weighted by molar-refractivity contribution is -0.147. The number of rotatable bonds is 4. The van der Waals surface area contributed by atoms with Crippen molar-refractivity contribution in [2.75, 3.05) is 0 Å². The monoisotopic (exact) mass is 384 g/mol. The van der Waals surface area contributed by atoms with Crippen molar-refractivity contribution in [2.24, 2.45) is 17.3 Å². The second-order valence-corrected chi connectivity index (χ2v) is 7.26. The number of halogens is 6. The maximum atomic E-state index is 13.8. The third kappa shape index (κ3) is 3.26. The Morgan fingerprint density at radius 2 is 1.62 bits per heavy atom. The van der Waals surface area contributed by atoms with Crippen LogP contribution in [0.15, 0.2) is 10.6 Å². The SMILES string of the molecule is Cc1c(F)c(F)c(COC(=O)C2C(C=C(Cl)Cl)C2(C)C)c(F)c1F. The Hall–Kier alpha value is -1.27. The van der Waals surface area contributed by atoms with E-state index < -0.39 is 58.3 Å². The molecule has 0 saturated heterocycles. The Morgan fingerprint density at radius 1 is 1.12 bits per heavy atom. The van der Waals surface area contributed by atoms with Crippen molar-refractivity contribution in [2.45, 2.75) is 27.4 Å². The smallest absolute Gasteiger partial charge is 0.310 e. The first kappa shape index (κ1) is 19.1. The average Bonchev–Trinajstić information content (AvgIpc) is 3.02. The molecule has 1 aliphatic rings. The van der Waals surface area contributed by atoms with Crippen LogP contribution in [0, 0.1) is 47.4 Å². The fourth-order valence-electron chi connectivity index (χ4n) is 2.72. The molecule has 0 amide bonds. The van der Waals surface area contributed by atoms with Gasteiger partial charge in [-0.1, -0.05) is 37.0 Å². The van der Waals surface area contributed by atoms with Gasteiger partial charge in [0.15, 0.2) is 23.3 Å². The van der Waals surface area contributed by atoms with Crippen molar-refractivity contribution in [1.82, 2.24) is 0 Å². The molecule has 2 unspecified atom stereocenters. The van der Waals surface area contributed by atoms with Gasteiger partial charge in [0.25, 0.3) is 0 Å². The standard InChI is InChI=1S/C16H14Cl2F4O2/c1-6-11(19)13(21)7(14(22)12(6)20)5-24-15(23)10-8(4-9(17)18)16(10,2)3/h4,8,10H,5H2,1-3H3. The Balaban J connectivity index is 2.16. The minimum Gasteiger partial charge on any atom is -0.460 e. The fourth-order valence-corrected chi connectivity index (χ4v) is 2.99. The molecule has 0 N–H and O–H groups in total. The van der Waals surface area contributed by atoms with E-state index in [0.717, 1.165) is 6.92 Å². The fraction of sp³-hybridized carbons (Fsp3) is 0.438. The molecule has 1 aromatic carbocycles. The summed E-state index contributed by atoms with van der Waals surface area (Å²) in [5.41, 5.74) is -2.23. The number of hydrogen-bond donors (Lipinski definition) is 0. The van der Waals surface area contributed by atoms with Crippen LogP contribution in [0.4, 0.5) is 17.6 Å². The predicted octanol–water partition coefficient (Wildman–Crippen LogP) is 5.19. The molecule has 0 bridgehead atoms. The lowest BCUT2D eigenvalue weighted by atomic mass is 10.1. The summed E-state index contributed by atoms with van der Waals surface area (Å²) >= 11 is 11.1. The first-order valence-corrected chi connectivity index (χ1v) is 7.76. The van der Waals surface area contributed by atoms with Gasteiger partial charge in [-0.15, -0.1) is 0 Å². The Labute approximate surface area is 146 Å². The van der Waals surface area contributed by atoms with E-state index in [-0.39, 0.29) is 10.4 Å². The molecule has 0 aromatic heterocycles. The highest BCUT2D eigenvalue weighted by atomic mass is 35.5. The summed E-state index contributed by atoms with van der Waals surface area (Å²) in [5, 5.41) is 0. The van der Waals surface area contributed by atoms with Crippen LogP contribution < -0.4 is 0 Å². The maximum absolute atomic E-state index is 13.8. The predicted molar refractivity (Wildman–Crippen MR) is 81.4 cm³/mol. The number of allylic oxidation sites excluding steroid dienone is 1. The molecule has 132 valence electrons. The third-order valence-electron chi connectivity index (χ3n) is 4.40. The molecule has 24 heavy (non-hydrogen) atoms. The Kier molecular flexibility index (Phi) is 5.21. The zero-order valence-electron chi connectivity index (χ0n) is 13.0. The maximum Gasteiger partial charge on any atom is 0.310 e. The van der Waals surface area contributed by atoms with Gasteiger partial charge in [0.1, 0.15) is 11.1 Å². The molecule has 2 rings (SSSR count). The molecule has 1 saturated carbocycles. The molecule has 2 nitrogen and oxygen atoms in total. The molecule has 8 heteroatoms. The zero-order chi connectivity index (χ0) is 18.4. The highest BCUT2D eigenvalue weighted by Gasteiger charge is 2.61. The minimum atomic E-state index is -1.57. The molecular formula is C16H14Cl2F4O2. The van der Waals surface area contributed by atoms with E-state index in [1.165, 1.54) is 6.08 Å². The van der Waals surface area contributed by atoms with E-state index in [4.69, 9.17) is 27.9 Å². The third-order valence-corrected chi connectivity index (χ3v) is 4.65. The normalized spacial score (nSPS) is 21.4. The van der Waals surface area contributed by atoms with Crippen LogP contribution in [-0.4, -0.2) is 5.97 Å². The second-order valence-electron chi connectivity index (χ2n) is 6.25. The number of benzene rings is 1. The number of carbonyl (C=O) groups is 1. The zero-order valence-corrected chi connectivity index (χ0v) is 14.5. The summed E-state index contributed by atoms with van der Waals surface area (Å²) in [7, 11) is 0. The van der Waals surface area contributed by atoms with Crippen molar-refractivity contribution in [3.63, 3.8) is 0 Å². The van der Waals surface area contributed by atoms with Crippen molar-refractivity contribution in [1.29, 1.82) is 0 Å². The van der Waals surface area contributed by atoms with Gasteiger partial charge in [0.05, 0.1) is 11.5 Å². The van der Waals surface area contributed by atoms with E-state index in [2.05, 4.69) is 0 Å². The summed E-state index contributed by atoms with van der Waals surface area (Å²) in [6.07, 6.45) is 1.47. The van der Waals surface area contributed by atoms with Gasteiger partial charge in [0.2, 0.25) is 0 Å². The minimum absolute atomic E-state index is 0.0110. The summed E-state index contributed by atoms with van der Waals surface area (Å²) in [6.45, 7) is 3.53. The molecular weight excluding hydrogens is 371 g/mol. The summed E-state index contributed by atoms with van der Waals surface area (Å²) in [6, 6.07) is 0. The number of hydrogen-bond acceptors (Lipinski definition) is 2. The van der Waals surface area contributed by atoms with Gasteiger partial charge < -0.3 is 4.74 Å². The summed E-state index contributed by atoms with van der Waals surface area (Å²) in [4.78, 5) is 12.1. The van der Waals surface area contributed by atoms with Crippen LogP contribution in [0.25, 0.3) is 0 Å². The number of esters is 1. The molecule has 1 aliphatic carbocycles. The van der Waals surface area contributed by atoms with Crippen LogP contribution in [0.5, 0.6) is 0 Å². The van der Waals surface area contributed by atoms with Gasteiger partial charge in [-0.05, 0) is 24.3 Å². The second kappa shape index (κ2) is 6.56. The highest BCUT2D eigenvalue weighted by Crippen LogP contribution is 2.60. The van der Waals surface area contributed by atoms with Gasteiger partial charge in [0, 0.05) is 5.56 Å². The molecule has 0 radical (unpaired) electrons. The quantitative estimate of drug-likeness (QED) is 0.405. The molecule has 0 heterocycles. The lowest BCUT2D eigenvalue weighted by Crippen LogP contribution is -2.14. The van der Waals surface area contributed by atoms with Crippen molar-refractivity contribution < 1.29 is 27.1 Å². The van der Waals surface area contributed by atoms with Gasteiger partial charge in [-0.2, -0.15) is 0 Å². The molecule has 1 aromatic rings. The van der Waals surface area contributed by atoms with Crippen LogP contribution in [0.1, 0.15) is 25.0 Å². The van der Waals surface area contributed by atoms with Crippen LogP contribution in [0.3, 0.4) is 0 Å². The van der Waals surface area contributed by atoms with E-state index in [1.54, 1.807) is 13.8 Å².